The Kier molecular flexibility index (Phi) is 4.78. The lowest BCUT2D eigenvalue weighted by molar-refractivity contribution is -0.139. The SMILES string of the molecule is CCN[C@@H](Cc1cccc(Br)c1)C(=O)O. The van der Waals surface area contributed by atoms with Gasteiger partial charge < -0.3 is 10.4 Å². The predicted molar refractivity (Wildman–Crippen MR) is 62.9 cm³/mol. The van der Waals surface area contributed by atoms with Crippen LogP contribution in [0.1, 0.15) is 12.5 Å². The van der Waals surface area contributed by atoms with E-state index in [1.807, 2.05) is 31.2 Å². The first kappa shape index (κ1) is 12.2. The Morgan fingerprint density at radius 3 is 2.87 bits per heavy atom. The fourth-order valence-corrected chi connectivity index (χ4v) is 1.84. The van der Waals surface area contributed by atoms with Gasteiger partial charge in [0.1, 0.15) is 6.04 Å². The lowest BCUT2D eigenvalue weighted by Gasteiger charge is -2.12. The van der Waals surface area contributed by atoms with Crippen molar-refractivity contribution in [1.29, 1.82) is 0 Å². The molecular weight excluding hydrogens is 258 g/mol. The summed E-state index contributed by atoms with van der Waals surface area (Å²) in [7, 11) is 0. The predicted octanol–water partition coefficient (Wildman–Crippen LogP) is 2.05. The molecule has 0 radical (unpaired) electrons. The number of hydrogen-bond donors (Lipinski definition) is 2. The van der Waals surface area contributed by atoms with Gasteiger partial charge in [0.05, 0.1) is 0 Å². The van der Waals surface area contributed by atoms with Crippen molar-refractivity contribution >= 4 is 21.9 Å². The van der Waals surface area contributed by atoms with Gasteiger partial charge >= 0.3 is 5.97 Å². The van der Waals surface area contributed by atoms with Crippen molar-refractivity contribution in [3.05, 3.63) is 34.3 Å². The number of rotatable bonds is 5. The van der Waals surface area contributed by atoms with Crippen LogP contribution in [0.25, 0.3) is 0 Å². The van der Waals surface area contributed by atoms with Gasteiger partial charge in [-0.15, -0.1) is 0 Å². The van der Waals surface area contributed by atoms with E-state index in [-0.39, 0.29) is 0 Å². The van der Waals surface area contributed by atoms with E-state index in [4.69, 9.17) is 5.11 Å². The molecular formula is C11H14BrNO2. The Hall–Kier alpha value is -0.870. The van der Waals surface area contributed by atoms with Gasteiger partial charge in [-0.2, -0.15) is 0 Å². The van der Waals surface area contributed by atoms with E-state index in [0.29, 0.717) is 13.0 Å². The molecule has 2 N–H and O–H groups in total. The molecule has 1 rings (SSSR count). The maximum atomic E-state index is 10.9. The second kappa shape index (κ2) is 5.88. The molecule has 1 aromatic rings. The summed E-state index contributed by atoms with van der Waals surface area (Å²) < 4.78 is 0.973. The molecule has 0 saturated carbocycles. The molecule has 82 valence electrons. The van der Waals surface area contributed by atoms with Crippen LogP contribution in [0.3, 0.4) is 0 Å². The maximum absolute atomic E-state index is 10.9. The minimum atomic E-state index is -0.808. The fraction of sp³-hybridized carbons (Fsp3) is 0.364. The molecule has 0 fully saturated rings. The first-order valence-electron chi connectivity index (χ1n) is 4.84. The lowest BCUT2D eigenvalue weighted by Crippen LogP contribution is -2.38. The van der Waals surface area contributed by atoms with Crippen LogP contribution in [0.5, 0.6) is 0 Å². The van der Waals surface area contributed by atoms with Crippen LogP contribution in [0.2, 0.25) is 0 Å². The van der Waals surface area contributed by atoms with E-state index in [2.05, 4.69) is 21.2 Å². The van der Waals surface area contributed by atoms with Crippen molar-refractivity contribution in [3.8, 4) is 0 Å². The Morgan fingerprint density at radius 1 is 1.60 bits per heavy atom. The number of carboxylic acids is 1. The van der Waals surface area contributed by atoms with Crippen molar-refractivity contribution in [2.75, 3.05) is 6.54 Å². The number of nitrogens with one attached hydrogen (secondary N) is 1. The first-order chi connectivity index (χ1) is 7.13. The summed E-state index contributed by atoms with van der Waals surface area (Å²) in [4.78, 5) is 10.9. The van der Waals surface area contributed by atoms with E-state index >= 15 is 0 Å². The number of benzene rings is 1. The summed E-state index contributed by atoms with van der Waals surface area (Å²) in [5.41, 5.74) is 1.01. The third-order valence-corrected chi connectivity index (χ3v) is 2.57. The second-order valence-electron chi connectivity index (χ2n) is 3.28. The van der Waals surface area contributed by atoms with Crippen LogP contribution in [0.15, 0.2) is 28.7 Å². The van der Waals surface area contributed by atoms with Crippen LogP contribution < -0.4 is 5.32 Å². The van der Waals surface area contributed by atoms with Crippen molar-refractivity contribution < 1.29 is 9.90 Å². The third-order valence-electron chi connectivity index (χ3n) is 2.08. The summed E-state index contributed by atoms with van der Waals surface area (Å²) in [6.45, 7) is 2.56. The van der Waals surface area contributed by atoms with Gasteiger partial charge in [-0.1, -0.05) is 35.0 Å². The van der Waals surface area contributed by atoms with Crippen LogP contribution in [-0.2, 0) is 11.2 Å². The molecule has 15 heavy (non-hydrogen) atoms. The Morgan fingerprint density at radius 2 is 2.33 bits per heavy atom. The number of halogens is 1. The highest BCUT2D eigenvalue weighted by Crippen LogP contribution is 2.13. The summed E-state index contributed by atoms with van der Waals surface area (Å²) in [5, 5.41) is 11.9. The highest BCUT2D eigenvalue weighted by atomic mass is 79.9. The largest absolute Gasteiger partial charge is 0.480 e. The first-order valence-corrected chi connectivity index (χ1v) is 5.63. The van der Waals surface area contributed by atoms with Crippen LogP contribution in [0.4, 0.5) is 0 Å². The zero-order valence-electron chi connectivity index (χ0n) is 8.53. The smallest absolute Gasteiger partial charge is 0.321 e. The van der Waals surface area contributed by atoms with E-state index in [1.54, 1.807) is 0 Å². The summed E-state index contributed by atoms with van der Waals surface area (Å²) in [6.07, 6.45) is 0.503. The lowest BCUT2D eigenvalue weighted by atomic mass is 10.1. The van der Waals surface area contributed by atoms with Crippen LogP contribution in [-0.4, -0.2) is 23.7 Å². The minimum Gasteiger partial charge on any atom is -0.480 e. The van der Waals surface area contributed by atoms with Gasteiger partial charge in [0, 0.05) is 4.47 Å². The number of aliphatic carboxylic acids is 1. The maximum Gasteiger partial charge on any atom is 0.321 e. The van der Waals surface area contributed by atoms with Gasteiger partial charge in [0.15, 0.2) is 0 Å². The van der Waals surface area contributed by atoms with Gasteiger partial charge in [-0.3, -0.25) is 4.79 Å². The highest BCUT2D eigenvalue weighted by molar-refractivity contribution is 9.10. The molecule has 0 aliphatic carbocycles. The van der Waals surface area contributed by atoms with E-state index < -0.39 is 12.0 Å². The summed E-state index contributed by atoms with van der Waals surface area (Å²) in [6, 6.07) is 7.19. The van der Waals surface area contributed by atoms with E-state index in [1.165, 1.54) is 0 Å². The molecule has 0 saturated heterocycles. The van der Waals surface area contributed by atoms with Crippen molar-refractivity contribution in [2.45, 2.75) is 19.4 Å². The third kappa shape index (κ3) is 4.01. The number of likely N-dealkylation sites (N-methyl/N-ethyl adjacent to an activating group) is 1. The molecule has 0 amide bonds. The standard InChI is InChI=1S/C11H14BrNO2/c1-2-13-10(11(14)15)7-8-4-3-5-9(12)6-8/h3-6,10,13H,2,7H2,1H3,(H,14,15)/t10-/m0/s1. The average molecular weight is 272 g/mol. The zero-order valence-corrected chi connectivity index (χ0v) is 10.1. The normalized spacial score (nSPS) is 12.4. The van der Waals surface area contributed by atoms with Gasteiger partial charge in [0.2, 0.25) is 0 Å². The van der Waals surface area contributed by atoms with Crippen molar-refractivity contribution in [1.82, 2.24) is 5.32 Å². The second-order valence-corrected chi connectivity index (χ2v) is 4.20. The van der Waals surface area contributed by atoms with E-state index in [9.17, 15) is 4.79 Å². The van der Waals surface area contributed by atoms with Gasteiger partial charge in [-0.25, -0.2) is 0 Å². The molecule has 0 aromatic heterocycles. The quantitative estimate of drug-likeness (QED) is 0.862. The average Bonchev–Trinajstić information content (AvgIpc) is 2.17. The van der Waals surface area contributed by atoms with Crippen molar-refractivity contribution in [2.24, 2.45) is 0 Å². The zero-order chi connectivity index (χ0) is 11.3. The summed E-state index contributed by atoms with van der Waals surface area (Å²) in [5.74, 6) is -0.808. The topological polar surface area (TPSA) is 49.3 Å². The van der Waals surface area contributed by atoms with Gasteiger partial charge in [0.25, 0.3) is 0 Å². The molecule has 3 nitrogen and oxygen atoms in total. The summed E-state index contributed by atoms with van der Waals surface area (Å²) >= 11 is 3.36. The van der Waals surface area contributed by atoms with Gasteiger partial charge in [-0.05, 0) is 30.7 Å². The molecule has 0 unspecified atom stereocenters. The fourth-order valence-electron chi connectivity index (χ4n) is 1.39. The molecule has 0 aliphatic heterocycles. The monoisotopic (exact) mass is 271 g/mol. The molecule has 1 aromatic carbocycles. The number of hydrogen-bond acceptors (Lipinski definition) is 2. The highest BCUT2D eigenvalue weighted by Gasteiger charge is 2.16. The van der Waals surface area contributed by atoms with Crippen LogP contribution >= 0.6 is 15.9 Å². The van der Waals surface area contributed by atoms with E-state index in [0.717, 1.165) is 10.0 Å². The van der Waals surface area contributed by atoms with Crippen LogP contribution in [0, 0.1) is 0 Å². The molecule has 0 heterocycles. The Labute approximate surface area is 97.6 Å². The molecule has 1 atom stereocenters. The number of carboxylic acid groups (broad SMARTS) is 1. The Balaban J connectivity index is 2.69. The molecule has 4 heteroatoms. The minimum absolute atomic E-state index is 0.503. The Bertz CT molecular complexity index is 341. The molecule has 0 bridgehead atoms. The molecule has 0 spiro atoms. The number of carbonyl (C=O) groups is 1. The van der Waals surface area contributed by atoms with Crippen molar-refractivity contribution in [3.63, 3.8) is 0 Å². The molecule has 0 aliphatic rings.